The van der Waals surface area contributed by atoms with Gasteiger partial charge in [-0.15, -0.1) is 0 Å². The van der Waals surface area contributed by atoms with Crippen molar-refractivity contribution in [2.45, 2.75) is 31.2 Å². The van der Waals surface area contributed by atoms with Gasteiger partial charge in [-0.25, -0.2) is 0 Å². The van der Waals surface area contributed by atoms with Crippen LogP contribution in [0.2, 0.25) is 0 Å². The Bertz CT molecular complexity index is 899. The van der Waals surface area contributed by atoms with Crippen LogP contribution in [0.3, 0.4) is 0 Å². The highest BCUT2D eigenvalue weighted by Crippen LogP contribution is 2.25. The van der Waals surface area contributed by atoms with E-state index in [0.717, 1.165) is 16.7 Å². The molecule has 2 N–H and O–H groups in total. The highest BCUT2D eigenvalue weighted by atomic mass is 16.5. The Morgan fingerprint density at radius 2 is 1.68 bits per heavy atom. The molecular weight excluding hydrogens is 352 g/mol. The maximum absolute atomic E-state index is 12.6. The molecule has 0 spiro atoms. The van der Waals surface area contributed by atoms with Gasteiger partial charge in [0.15, 0.2) is 5.78 Å². The number of ether oxygens (including phenoxy) is 1. The molecule has 5 heteroatoms. The number of ketones is 1. The van der Waals surface area contributed by atoms with Gasteiger partial charge in [0.25, 0.3) is 0 Å². The van der Waals surface area contributed by atoms with Gasteiger partial charge in [-0.2, -0.15) is 10.5 Å². The third-order valence-corrected chi connectivity index (χ3v) is 5.34. The highest BCUT2D eigenvalue weighted by Gasteiger charge is 2.36. The number of nitrogens with two attached hydrogens (primary N) is 1. The van der Waals surface area contributed by atoms with E-state index >= 15 is 0 Å². The van der Waals surface area contributed by atoms with Crippen LogP contribution in [-0.2, 0) is 16.0 Å². The second-order valence-electron chi connectivity index (χ2n) is 7.31. The highest BCUT2D eigenvalue weighted by molar-refractivity contribution is 5.88. The van der Waals surface area contributed by atoms with E-state index in [4.69, 9.17) is 15.7 Å². The second kappa shape index (κ2) is 8.80. The number of nitrogens with zero attached hydrogens (tertiary/aromatic N) is 2. The maximum Gasteiger partial charge on any atom is 0.154 e. The summed E-state index contributed by atoms with van der Waals surface area (Å²) in [6, 6.07) is 19.7. The molecular formula is C23H23N3O2. The van der Waals surface area contributed by atoms with E-state index in [1.165, 1.54) is 0 Å². The number of benzene rings is 2. The Morgan fingerprint density at radius 3 is 2.21 bits per heavy atom. The summed E-state index contributed by atoms with van der Waals surface area (Å²) in [6.45, 7) is 0.993. The number of carbonyl (C=O) groups is 1. The van der Waals surface area contributed by atoms with Gasteiger partial charge in [-0.1, -0.05) is 36.4 Å². The molecule has 1 heterocycles. The molecule has 0 saturated carbocycles. The number of hydrogen-bond donors (Lipinski definition) is 1. The van der Waals surface area contributed by atoms with Gasteiger partial charge in [0.1, 0.15) is 0 Å². The molecule has 0 aliphatic carbocycles. The van der Waals surface area contributed by atoms with E-state index in [0.29, 0.717) is 38.0 Å². The minimum absolute atomic E-state index is 0.0449. The third kappa shape index (κ3) is 4.64. The van der Waals surface area contributed by atoms with Crippen molar-refractivity contribution in [1.82, 2.24) is 0 Å². The van der Waals surface area contributed by atoms with Gasteiger partial charge in [0.2, 0.25) is 0 Å². The van der Waals surface area contributed by atoms with Crippen LogP contribution in [0.25, 0.3) is 11.1 Å². The van der Waals surface area contributed by atoms with E-state index < -0.39 is 11.5 Å². The number of hydrogen-bond acceptors (Lipinski definition) is 5. The molecule has 5 nitrogen and oxygen atoms in total. The largest absolute Gasteiger partial charge is 0.381 e. The van der Waals surface area contributed by atoms with Crippen LogP contribution in [0, 0.1) is 28.6 Å². The van der Waals surface area contributed by atoms with Gasteiger partial charge >= 0.3 is 0 Å². The SMILES string of the molecule is N#C[C@@H](CC(=O)C1(N)CCOCC1)Cc1ccc(-c2ccc([14C]#N)cc2)cc1. The zero-order chi connectivity index (χ0) is 20.0. The van der Waals surface area contributed by atoms with Crippen molar-refractivity contribution in [2.75, 3.05) is 13.2 Å². The zero-order valence-electron chi connectivity index (χ0n) is 15.7. The molecule has 1 fully saturated rings. The fourth-order valence-electron chi connectivity index (χ4n) is 3.46. The normalized spacial score (nSPS) is 16.5. The van der Waals surface area contributed by atoms with Crippen LogP contribution in [0.15, 0.2) is 48.5 Å². The molecule has 0 unspecified atom stereocenters. The molecule has 3 rings (SSSR count). The summed E-state index contributed by atoms with van der Waals surface area (Å²) in [5.74, 6) is -0.437. The first-order chi connectivity index (χ1) is 13.5. The third-order valence-electron chi connectivity index (χ3n) is 5.34. The lowest BCUT2D eigenvalue weighted by Gasteiger charge is -2.32. The average Bonchev–Trinajstić information content (AvgIpc) is 2.74. The minimum atomic E-state index is -0.854. The van der Waals surface area contributed by atoms with Crippen molar-refractivity contribution in [2.24, 2.45) is 11.7 Å². The monoisotopic (exact) mass is 375 g/mol. The van der Waals surface area contributed by atoms with Crippen molar-refractivity contribution < 1.29 is 9.53 Å². The first-order valence-corrected chi connectivity index (χ1v) is 9.43. The Kier molecular flexibility index (Phi) is 6.21. The van der Waals surface area contributed by atoms with Gasteiger partial charge in [0, 0.05) is 19.6 Å². The molecule has 28 heavy (non-hydrogen) atoms. The summed E-state index contributed by atoms with van der Waals surface area (Å²) in [5.41, 5.74) is 9.10. The van der Waals surface area contributed by atoms with E-state index in [1.807, 2.05) is 36.4 Å². The molecule has 1 atom stereocenters. The molecule has 2 aromatic carbocycles. The smallest absolute Gasteiger partial charge is 0.154 e. The Hall–Kier alpha value is -2.99. The molecule has 0 amide bonds. The maximum atomic E-state index is 12.6. The van der Waals surface area contributed by atoms with Gasteiger partial charge in [-0.05, 0) is 48.1 Å². The molecule has 2 aromatic rings. The predicted octanol–water partition coefficient (Wildman–Crippen LogP) is 3.37. The van der Waals surface area contributed by atoms with E-state index in [9.17, 15) is 10.1 Å². The van der Waals surface area contributed by atoms with Crippen LogP contribution in [0.5, 0.6) is 0 Å². The summed E-state index contributed by atoms with van der Waals surface area (Å²) >= 11 is 0. The quantitative estimate of drug-likeness (QED) is 0.834. The summed E-state index contributed by atoms with van der Waals surface area (Å²) in [7, 11) is 0. The van der Waals surface area contributed by atoms with Gasteiger partial charge < -0.3 is 10.5 Å². The van der Waals surface area contributed by atoms with Crippen molar-refractivity contribution in [1.29, 1.82) is 10.5 Å². The second-order valence-corrected chi connectivity index (χ2v) is 7.31. The first kappa shape index (κ1) is 19.8. The van der Waals surface area contributed by atoms with Crippen molar-refractivity contribution in [3.05, 3.63) is 59.7 Å². The summed E-state index contributed by atoms with van der Waals surface area (Å²) in [6.07, 6.45) is 1.72. The lowest BCUT2D eigenvalue weighted by Crippen LogP contribution is -2.52. The standard InChI is InChI=1S/C23H23N3O2/c24-15-18-3-7-21(8-4-18)20-5-1-17(2-6-20)13-19(16-25)14-22(27)23(26)9-11-28-12-10-23/h1-8,19H,9-14,26H2/t19-/m1/s1/i15+2. The Labute approximate surface area is 165 Å². The number of Topliss-reactive ketones (excluding diaryl/α,β-unsaturated/α-hetero) is 1. The van der Waals surface area contributed by atoms with Crippen molar-refractivity contribution >= 4 is 5.78 Å². The fraction of sp³-hybridized carbons (Fsp3) is 0.348. The number of carbonyl (C=O) groups excluding carboxylic acids is 1. The molecule has 142 valence electrons. The summed E-state index contributed by atoms with van der Waals surface area (Å²) < 4.78 is 5.29. The number of nitriles is 2. The van der Waals surface area contributed by atoms with Gasteiger partial charge in [-0.3, -0.25) is 4.79 Å². The van der Waals surface area contributed by atoms with Gasteiger partial charge in [0.05, 0.1) is 29.2 Å². The van der Waals surface area contributed by atoms with E-state index in [2.05, 4.69) is 12.1 Å². The Balaban J connectivity index is 1.64. The summed E-state index contributed by atoms with van der Waals surface area (Å²) in [4.78, 5) is 12.6. The van der Waals surface area contributed by atoms with E-state index in [1.54, 1.807) is 12.1 Å². The summed E-state index contributed by atoms with van der Waals surface area (Å²) in [5, 5.41) is 18.4. The average molecular weight is 375 g/mol. The van der Waals surface area contributed by atoms with Crippen LogP contribution >= 0.6 is 0 Å². The fourth-order valence-corrected chi connectivity index (χ4v) is 3.46. The van der Waals surface area contributed by atoms with Crippen molar-refractivity contribution in [3.63, 3.8) is 0 Å². The Morgan fingerprint density at radius 1 is 1.11 bits per heavy atom. The first-order valence-electron chi connectivity index (χ1n) is 9.43. The molecule has 1 aliphatic heterocycles. The molecule has 1 saturated heterocycles. The minimum Gasteiger partial charge on any atom is -0.381 e. The van der Waals surface area contributed by atoms with Crippen LogP contribution in [0.1, 0.15) is 30.4 Å². The predicted molar refractivity (Wildman–Crippen MR) is 106 cm³/mol. The van der Waals surface area contributed by atoms with Crippen LogP contribution in [-0.4, -0.2) is 24.5 Å². The van der Waals surface area contributed by atoms with Crippen LogP contribution < -0.4 is 5.73 Å². The molecule has 0 radical (unpaired) electrons. The zero-order valence-corrected chi connectivity index (χ0v) is 15.7. The topological polar surface area (TPSA) is 99.9 Å². The number of rotatable bonds is 6. The van der Waals surface area contributed by atoms with Crippen LogP contribution in [0.4, 0.5) is 0 Å². The molecule has 0 bridgehead atoms. The molecule has 0 aromatic heterocycles. The lowest BCUT2D eigenvalue weighted by atomic mass is 9.81. The van der Waals surface area contributed by atoms with E-state index in [-0.39, 0.29) is 12.2 Å². The molecule has 1 aliphatic rings. The lowest BCUT2D eigenvalue weighted by molar-refractivity contribution is -0.128. The van der Waals surface area contributed by atoms with Crippen molar-refractivity contribution in [3.8, 4) is 23.3 Å².